The highest BCUT2D eigenvalue weighted by atomic mass is 19.1. The van der Waals surface area contributed by atoms with Crippen LogP contribution in [0.1, 0.15) is 36.7 Å². The topological polar surface area (TPSA) is 88.5 Å². The Morgan fingerprint density at radius 1 is 1.38 bits per heavy atom. The van der Waals surface area contributed by atoms with Crippen LogP contribution in [0.25, 0.3) is 0 Å². The van der Waals surface area contributed by atoms with E-state index in [1.807, 2.05) is 13.8 Å². The van der Waals surface area contributed by atoms with Gasteiger partial charge in [-0.15, -0.1) is 0 Å². The molecule has 0 unspecified atom stereocenters. The van der Waals surface area contributed by atoms with Gasteiger partial charge >= 0.3 is 6.03 Å². The minimum absolute atomic E-state index is 0.0344. The van der Waals surface area contributed by atoms with E-state index in [1.165, 1.54) is 18.2 Å². The Morgan fingerprint density at radius 2 is 2.17 bits per heavy atom. The molecule has 0 spiro atoms. The van der Waals surface area contributed by atoms with Gasteiger partial charge in [0.1, 0.15) is 5.82 Å². The van der Waals surface area contributed by atoms with Gasteiger partial charge in [0.25, 0.3) is 5.91 Å². The van der Waals surface area contributed by atoms with Crippen molar-refractivity contribution >= 4 is 17.6 Å². The number of carbonyl (C=O) groups excluding carboxylic acids is 2. The van der Waals surface area contributed by atoms with Crippen LogP contribution in [-0.2, 0) is 4.74 Å². The molecule has 1 aromatic heterocycles. The standard InChI is InChI=1S/C20H26FN5O3/c1-13(2)23-20(28)25-11-17(8-18(25)12-29-3)26-10-16(9-22-26)24-19(27)14-5-4-6-15(21)7-14/h4-7,9-10,13,17-18H,8,11-12H2,1-3H3,(H,23,28)(H,24,27)/t17-,18-/m0/s1. The second-order valence-corrected chi connectivity index (χ2v) is 7.43. The van der Waals surface area contributed by atoms with Crippen LogP contribution in [0.15, 0.2) is 36.7 Å². The maximum absolute atomic E-state index is 13.3. The van der Waals surface area contributed by atoms with Crippen molar-refractivity contribution < 1.29 is 18.7 Å². The lowest BCUT2D eigenvalue weighted by atomic mass is 10.2. The highest BCUT2D eigenvalue weighted by Crippen LogP contribution is 2.28. The maximum Gasteiger partial charge on any atom is 0.317 e. The van der Waals surface area contributed by atoms with Crippen LogP contribution in [0.3, 0.4) is 0 Å². The van der Waals surface area contributed by atoms with E-state index in [4.69, 9.17) is 4.74 Å². The number of carbonyl (C=O) groups is 2. The minimum Gasteiger partial charge on any atom is -0.383 e. The number of halogens is 1. The first-order valence-corrected chi connectivity index (χ1v) is 9.54. The summed E-state index contributed by atoms with van der Waals surface area (Å²) in [5.74, 6) is -0.881. The lowest BCUT2D eigenvalue weighted by Crippen LogP contribution is -2.46. The van der Waals surface area contributed by atoms with E-state index in [9.17, 15) is 14.0 Å². The molecule has 1 saturated heterocycles. The minimum atomic E-state index is -0.469. The molecule has 156 valence electrons. The molecule has 2 atom stereocenters. The second-order valence-electron chi connectivity index (χ2n) is 7.43. The Kier molecular flexibility index (Phi) is 6.48. The first kappa shape index (κ1) is 20.8. The molecule has 2 N–H and O–H groups in total. The summed E-state index contributed by atoms with van der Waals surface area (Å²) >= 11 is 0. The van der Waals surface area contributed by atoms with Crippen LogP contribution >= 0.6 is 0 Å². The predicted molar refractivity (Wildman–Crippen MR) is 106 cm³/mol. The van der Waals surface area contributed by atoms with Crippen molar-refractivity contribution in [3.8, 4) is 0 Å². The van der Waals surface area contributed by atoms with E-state index in [0.717, 1.165) is 0 Å². The number of nitrogens with one attached hydrogen (secondary N) is 2. The van der Waals surface area contributed by atoms with Gasteiger partial charge in [0.2, 0.25) is 0 Å². The monoisotopic (exact) mass is 403 g/mol. The summed E-state index contributed by atoms with van der Waals surface area (Å²) in [4.78, 5) is 26.5. The molecule has 1 aliphatic heterocycles. The Morgan fingerprint density at radius 3 is 2.86 bits per heavy atom. The summed E-state index contributed by atoms with van der Waals surface area (Å²) in [7, 11) is 1.61. The summed E-state index contributed by atoms with van der Waals surface area (Å²) in [5.41, 5.74) is 0.739. The third-order valence-electron chi connectivity index (χ3n) is 4.74. The highest BCUT2D eigenvalue weighted by molar-refractivity contribution is 6.04. The largest absolute Gasteiger partial charge is 0.383 e. The smallest absolute Gasteiger partial charge is 0.317 e. The molecule has 2 heterocycles. The van der Waals surface area contributed by atoms with Crippen molar-refractivity contribution in [3.63, 3.8) is 0 Å². The summed E-state index contributed by atoms with van der Waals surface area (Å²) in [5, 5.41) is 9.97. The SMILES string of the molecule is COC[C@@H]1C[C@H](n2cc(NC(=O)c3cccc(F)c3)cn2)CN1C(=O)NC(C)C. The number of ether oxygens (including phenoxy) is 1. The molecule has 0 aliphatic carbocycles. The van der Waals surface area contributed by atoms with Gasteiger partial charge in [0, 0.05) is 31.5 Å². The molecule has 1 aromatic carbocycles. The fourth-order valence-corrected chi connectivity index (χ4v) is 3.45. The quantitative estimate of drug-likeness (QED) is 0.776. The average molecular weight is 403 g/mol. The molecular formula is C20H26FN5O3. The number of methoxy groups -OCH3 is 1. The Hall–Kier alpha value is -2.94. The Balaban J connectivity index is 1.67. The molecule has 0 saturated carbocycles. The van der Waals surface area contributed by atoms with Crippen molar-refractivity contribution in [2.24, 2.45) is 0 Å². The number of likely N-dealkylation sites (tertiary alicyclic amines) is 1. The zero-order chi connectivity index (χ0) is 21.0. The van der Waals surface area contributed by atoms with Crippen LogP contribution < -0.4 is 10.6 Å². The van der Waals surface area contributed by atoms with E-state index < -0.39 is 11.7 Å². The van der Waals surface area contributed by atoms with Crippen LogP contribution in [0.2, 0.25) is 0 Å². The van der Waals surface area contributed by atoms with Crippen molar-refractivity contribution in [2.45, 2.75) is 38.4 Å². The Bertz CT molecular complexity index is 869. The highest BCUT2D eigenvalue weighted by Gasteiger charge is 2.36. The first-order valence-electron chi connectivity index (χ1n) is 9.54. The molecule has 9 heteroatoms. The average Bonchev–Trinajstić information content (AvgIpc) is 3.28. The molecule has 3 rings (SSSR count). The molecule has 2 aromatic rings. The van der Waals surface area contributed by atoms with Crippen LogP contribution in [0.5, 0.6) is 0 Å². The molecule has 0 radical (unpaired) electrons. The van der Waals surface area contributed by atoms with Gasteiger partial charge in [-0.3, -0.25) is 9.48 Å². The van der Waals surface area contributed by atoms with Gasteiger partial charge in [-0.25, -0.2) is 9.18 Å². The number of amides is 3. The fraction of sp³-hybridized carbons (Fsp3) is 0.450. The fourth-order valence-electron chi connectivity index (χ4n) is 3.45. The second kappa shape index (κ2) is 9.04. The summed E-state index contributed by atoms with van der Waals surface area (Å²) in [6.45, 7) is 4.76. The third-order valence-corrected chi connectivity index (χ3v) is 4.74. The van der Waals surface area contributed by atoms with E-state index >= 15 is 0 Å². The number of hydrogen-bond acceptors (Lipinski definition) is 4. The van der Waals surface area contributed by atoms with Crippen LogP contribution in [-0.4, -0.2) is 59.0 Å². The lowest BCUT2D eigenvalue weighted by molar-refractivity contribution is 0.102. The maximum atomic E-state index is 13.3. The van der Waals surface area contributed by atoms with Gasteiger partial charge in [-0.2, -0.15) is 5.10 Å². The lowest BCUT2D eigenvalue weighted by Gasteiger charge is -2.25. The van der Waals surface area contributed by atoms with Gasteiger partial charge in [0.05, 0.1) is 30.6 Å². The molecule has 8 nitrogen and oxygen atoms in total. The number of nitrogens with zero attached hydrogens (tertiary/aromatic N) is 3. The normalized spacial score (nSPS) is 18.9. The number of anilines is 1. The number of benzene rings is 1. The molecule has 0 bridgehead atoms. The van der Waals surface area contributed by atoms with E-state index in [0.29, 0.717) is 25.3 Å². The zero-order valence-corrected chi connectivity index (χ0v) is 16.8. The van der Waals surface area contributed by atoms with E-state index in [1.54, 1.807) is 35.2 Å². The third kappa shape index (κ3) is 5.11. The number of hydrogen-bond donors (Lipinski definition) is 2. The number of aromatic nitrogens is 2. The first-order chi connectivity index (χ1) is 13.9. The molecular weight excluding hydrogens is 377 g/mol. The zero-order valence-electron chi connectivity index (χ0n) is 16.8. The van der Waals surface area contributed by atoms with Gasteiger partial charge in [-0.1, -0.05) is 6.07 Å². The van der Waals surface area contributed by atoms with Crippen molar-refractivity contribution in [3.05, 3.63) is 48.0 Å². The van der Waals surface area contributed by atoms with Gasteiger partial charge in [-0.05, 0) is 38.5 Å². The molecule has 1 fully saturated rings. The molecule has 3 amide bonds. The summed E-state index contributed by atoms with van der Waals surface area (Å²) in [6, 6.07) is 5.31. The number of rotatable bonds is 6. The van der Waals surface area contributed by atoms with Crippen molar-refractivity contribution in [1.82, 2.24) is 20.0 Å². The molecule has 1 aliphatic rings. The number of urea groups is 1. The van der Waals surface area contributed by atoms with Crippen molar-refractivity contribution in [2.75, 3.05) is 25.6 Å². The molecule has 29 heavy (non-hydrogen) atoms. The van der Waals surface area contributed by atoms with E-state index in [-0.39, 0.29) is 29.7 Å². The summed E-state index contributed by atoms with van der Waals surface area (Å²) < 4.78 is 20.3. The van der Waals surface area contributed by atoms with Crippen LogP contribution in [0.4, 0.5) is 14.9 Å². The predicted octanol–water partition coefficient (Wildman–Crippen LogP) is 2.65. The van der Waals surface area contributed by atoms with Crippen molar-refractivity contribution in [1.29, 1.82) is 0 Å². The summed E-state index contributed by atoms with van der Waals surface area (Å²) in [6.07, 6.45) is 3.95. The van der Waals surface area contributed by atoms with Gasteiger partial charge < -0.3 is 20.3 Å². The Labute approximate surface area is 169 Å². The van der Waals surface area contributed by atoms with Crippen LogP contribution in [0, 0.1) is 5.82 Å². The van der Waals surface area contributed by atoms with E-state index in [2.05, 4.69) is 15.7 Å². The van der Waals surface area contributed by atoms with Gasteiger partial charge in [0.15, 0.2) is 0 Å².